The Morgan fingerprint density at radius 2 is 2.13 bits per heavy atom. The smallest absolute Gasteiger partial charge is 0.274 e. The third kappa shape index (κ3) is 3.23. The molecule has 0 saturated carbocycles. The zero-order chi connectivity index (χ0) is 21.9. The number of hydrogen-bond donors (Lipinski definition) is 1. The third-order valence-electron chi connectivity index (χ3n) is 6.04. The van der Waals surface area contributed by atoms with Crippen molar-refractivity contribution >= 4 is 47.2 Å². The number of aromatic amines is 1. The number of likely N-dealkylation sites (N-methyl/N-ethyl adjacent to an activating group) is 1. The molecule has 0 radical (unpaired) electrons. The number of rotatable bonds is 2. The molecule has 5 rings (SSSR count). The molecule has 0 spiro atoms. The van der Waals surface area contributed by atoms with Gasteiger partial charge >= 0.3 is 0 Å². The fourth-order valence-electron chi connectivity index (χ4n) is 4.21. The Balaban J connectivity index is 1.61. The Morgan fingerprint density at radius 1 is 1.32 bits per heavy atom. The molecule has 1 unspecified atom stereocenters. The summed E-state index contributed by atoms with van der Waals surface area (Å²) in [6.07, 6.45) is 3.38. The maximum Gasteiger partial charge on any atom is 0.274 e. The van der Waals surface area contributed by atoms with Crippen molar-refractivity contribution in [2.75, 3.05) is 13.7 Å². The highest BCUT2D eigenvalue weighted by Crippen LogP contribution is 2.33. The zero-order valence-electron chi connectivity index (χ0n) is 17.4. The Labute approximate surface area is 184 Å². The predicted molar refractivity (Wildman–Crippen MR) is 122 cm³/mol. The zero-order valence-corrected chi connectivity index (χ0v) is 18.2. The molecule has 31 heavy (non-hydrogen) atoms. The quantitative estimate of drug-likeness (QED) is 0.487. The van der Waals surface area contributed by atoms with Gasteiger partial charge in [0.25, 0.3) is 11.5 Å². The molecule has 1 atom stereocenters. The van der Waals surface area contributed by atoms with Gasteiger partial charge in [-0.25, -0.2) is 4.98 Å². The summed E-state index contributed by atoms with van der Waals surface area (Å²) < 4.78 is 7.47. The molecule has 9 heteroatoms. The molecule has 7 nitrogen and oxygen atoms in total. The van der Waals surface area contributed by atoms with Crippen LogP contribution in [0.3, 0.4) is 0 Å². The lowest BCUT2D eigenvalue weighted by atomic mass is 9.86. The first-order valence-corrected chi connectivity index (χ1v) is 10.4. The first-order valence-electron chi connectivity index (χ1n) is 9.98. The minimum Gasteiger partial charge on any atom is -0.373 e. The van der Waals surface area contributed by atoms with Crippen LogP contribution in [0.4, 0.5) is 0 Å². The second-order valence-corrected chi connectivity index (χ2v) is 8.45. The van der Waals surface area contributed by atoms with Gasteiger partial charge in [0.15, 0.2) is 0 Å². The summed E-state index contributed by atoms with van der Waals surface area (Å²) in [6, 6.07) is 7.08. The van der Waals surface area contributed by atoms with Gasteiger partial charge < -0.3 is 19.0 Å². The molecule has 4 aromatic rings. The monoisotopic (exact) mass is 434 g/mol. The fraction of sp³-hybridized carbons (Fsp3) is 0.227. The molecule has 1 amide bonds. The highest BCUT2D eigenvalue weighted by atomic mass is 35.5. The van der Waals surface area contributed by atoms with Crippen LogP contribution in [-0.4, -0.2) is 46.7 Å². The van der Waals surface area contributed by atoms with E-state index in [0.29, 0.717) is 40.7 Å². The van der Waals surface area contributed by atoms with E-state index in [-0.39, 0.29) is 17.5 Å². The molecule has 0 aliphatic carbocycles. The van der Waals surface area contributed by atoms with E-state index >= 15 is 0 Å². The fourth-order valence-corrected chi connectivity index (χ4v) is 4.38. The molecule has 156 valence electrons. The first-order chi connectivity index (χ1) is 14.8. The average molecular weight is 435 g/mol. The molecular formula is C22H20BClN4O3. The summed E-state index contributed by atoms with van der Waals surface area (Å²) >= 11 is 6.05. The van der Waals surface area contributed by atoms with Gasteiger partial charge in [0.1, 0.15) is 19.2 Å². The maximum absolute atomic E-state index is 13.3. The topological polar surface area (TPSA) is 79.7 Å². The summed E-state index contributed by atoms with van der Waals surface area (Å²) in [5.74, 6) is -0.232. The standard InChI is InChI=1S/C22H20BClN4O3/c1-11-5-14-13(6-15(11)23)20-17(26-21(14)29)9-31-10-18(20)27(2)22(30)16-8-28-7-12(24)3-4-19(28)25-16/h3-8,18H,9-10,23H2,1-2H3,(H,26,29). The summed E-state index contributed by atoms with van der Waals surface area (Å²) in [5, 5.41) is 2.04. The lowest BCUT2D eigenvalue weighted by Gasteiger charge is -2.33. The number of pyridine rings is 2. The van der Waals surface area contributed by atoms with Crippen LogP contribution in [0.25, 0.3) is 16.4 Å². The summed E-state index contributed by atoms with van der Waals surface area (Å²) in [5.41, 5.74) is 4.59. The summed E-state index contributed by atoms with van der Waals surface area (Å²) in [6.45, 7) is 2.63. The van der Waals surface area contributed by atoms with E-state index in [1.54, 1.807) is 40.9 Å². The Hall–Kier alpha value is -3.10. The molecule has 3 aromatic heterocycles. The molecule has 0 fully saturated rings. The van der Waals surface area contributed by atoms with E-state index < -0.39 is 0 Å². The number of aryl methyl sites for hydroxylation is 1. The Bertz CT molecular complexity index is 1430. The number of imidazole rings is 1. The van der Waals surface area contributed by atoms with Gasteiger partial charge in [0.05, 0.1) is 24.3 Å². The molecular weight excluding hydrogens is 415 g/mol. The largest absolute Gasteiger partial charge is 0.373 e. The van der Waals surface area contributed by atoms with E-state index in [0.717, 1.165) is 22.0 Å². The molecule has 4 heterocycles. The number of ether oxygens (including phenoxy) is 1. The van der Waals surface area contributed by atoms with Crippen molar-refractivity contribution in [3.63, 3.8) is 0 Å². The normalized spacial score (nSPS) is 15.9. The van der Waals surface area contributed by atoms with Crippen molar-refractivity contribution in [1.29, 1.82) is 0 Å². The van der Waals surface area contributed by atoms with E-state index in [1.165, 1.54) is 0 Å². The Morgan fingerprint density at radius 3 is 2.94 bits per heavy atom. The van der Waals surface area contributed by atoms with Gasteiger partial charge in [0, 0.05) is 36.1 Å². The van der Waals surface area contributed by atoms with Crippen molar-refractivity contribution in [1.82, 2.24) is 19.3 Å². The molecule has 1 aromatic carbocycles. The van der Waals surface area contributed by atoms with Gasteiger partial charge in [0.2, 0.25) is 0 Å². The number of nitrogens with zero attached hydrogens (tertiary/aromatic N) is 3. The number of carbonyl (C=O) groups excluding carboxylic acids is 1. The number of H-pyrrole nitrogens is 1. The average Bonchev–Trinajstić information content (AvgIpc) is 3.17. The minimum absolute atomic E-state index is 0.146. The van der Waals surface area contributed by atoms with Gasteiger partial charge in [-0.3, -0.25) is 9.59 Å². The lowest BCUT2D eigenvalue weighted by Crippen LogP contribution is -2.38. The van der Waals surface area contributed by atoms with Crippen LogP contribution >= 0.6 is 11.6 Å². The van der Waals surface area contributed by atoms with Crippen LogP contribution in [0.5, 0.6) is 0 Å². The molecule has 1 aliphatic rings. The van der Waals surface area contributed by atoms with Crippen molar-refractivity contribution in [2.45, 2.75) is 19.6 Å². The SMILES string of the molecule is Bc1cc2c3c([nH]c(=O)c2cc1C)COCC3N(C)C(=O)c1cn2cc(Cl)ccc2n1. The third-order valence-corrected chi connectivity index (χ3v) is 6.26. The van der Waals surface area contributed by atoms with E-state index in [4.69, 9.17) is 16.3 Å². The van der Waals surface area contributed by atoms with Gasteiger partial charge in [-0.2, -0.15) is 0 Å². The van der Waals surface area contributed by atoms with Crippen molar-refractivity contribution < 1.29 is 9.53 Å². The number of amides is 1. The van der Waals surface area contributed by atoms with Crippen LogP contribution in [0.15, 0.2) is 41.5 Å². The maximum atomic E-state index is 13.3. The molecule has 0 bridgehead atoms. The number of halogens is 1. The number of nitrogens with one attached hydrogen (secondary N) is 1. The number of fused-ring (bicyclic) bond motifs is 4. The van der Waals surface area contributed by atoms with Crippen molar-refractivity contribution in [3.05, 3.63) is 74.6 Å². The first kappa shape index (κ1) is 19.8. The second-order valence-electron chi connectivity index (χ2n) is 8.01. The number of aromatic nitrogens is 3. The van der Waals surface area contributed by atoms with E-state index in [9.17, 15) is 9.59 Å². The van der Waals surface area contributed by atoms with Gasteiger partial charge in [-0.05, 0) is 30.5 Å². The second kappa shape index (κ2) is 7.25. The van der Waals surface area contributed by atoms with Gasteiger partial charge in [-0.1, -0.05) is 28.7 Å². The molecule has 1 aliphatic heterocycles. The number of hydrogen-bond acceptors (Lipinski definition) is 4. The summed E-state index contributed by atoms with van der Waals surface area (Å²) in [4.78, 5) is 35.0. The van der Waals surface area contributed by atoms with Gasteiger partial charge in [-0.15, -0.1) is 0 Å². The number of carbonyl (C=O) groups is 1. The van der Waals surface area contributed by atoms with Crippen LogP contribution in [0.1, 0.15) is 33.4 Å². The van der Waals surface area contributed by atoms with Crippen LogP contribution < -0.4 is 11.0 Å². The highest BCUT2D eigenvalue weighted by Gasteiger charge is 2.32. The molecule has 1 N–H and O–H groups in total. The van der Waals surface area contributed by atoms with E-state index in [1.807, 2.05) is 26.9 Å². The lowest BCUT2D eigenvalue weighted by molar-refractivity contribution is 0.0333. The minimum atomic E-state index is -0.355. The van der Waals surface area contributed by atoms with Crippen molar-refractivity contribution in [3.8, 4) is 0 Å². The summed E-state index contributed by atoms with van der Waals surface area (Å²) in [7, 11) is 3.76. The number of benzene rings is 1. The molecule has 0 saturated heterocycles. The highest BCUT2D eigenvalue weighted by molar-refractivity contribution is 6.34. The van der Waals surface area contributed by atoms with Crippen LogP contribution in [0.2, 0.25) is 5.02 Å². The van der Waals surface area contributed by atoms with Crippen LogP contribution in [0, 0.1) is 6.92 Å². The Kier molecular flexibility index (Phi) is 4.64. The van der Waals surface area contributed by atoms with Crippen LogP contribution in [-0.2, 0) is 11.3 Å². The van der Waals surface area contributed by atoms with E-state index in [2.05, 4.69) is 9.97 Å². The van der Waals surface area contributed by atoms with Crippen molar-refractivity contribution in [2.24, 2.45) is 0 Å². The predicted octanol–water partition coefficient (Wildman–Crippen LogP) is 1.74.